The number of carboxylic acids is 1. The van der Waals surface area contributed by atoms with E-state index in [0.29, 0.717) is 18.0 Å². The van der Waals surface area contributed by atoms with Crippen molar-refractivity contribution < 1.29 is 18.3 Å². The van der Waals surface area contributed by atoms with Crippen molar-refractivity contribution in [2.75, 3.05) is 19.6 Å². The zero-order valence-electron chi connectivity index (χ0n) is 11.6. The predicted molar refractivity (Wildman–Crippen MR) is 76.4 cm³/mol. The molecule has 0 spiro atoms. The summed E-state index contributed by atoms with van der Waals surface area (Å²) in [5.74, 6) is -0.867. The van der Waals surface area contributed by atoms with Gasteiger partial charge in [-0.05, 0) is 25.0 Å². The Morgan fingerprint density at radius 1 is 1.14 bits per heavy atom. The molecule has 21 heavy (non-hydrogen) atoms. The Morgan fingerprint density at radius 2 is 1.71 bits per heavy atom. The second-order valence-electron chi connectivity index (χ2n) is 5.62. The number of piperazine rings is 1. The molecular weight excluding hydrogens is 292 g/mol. The maximum atomic E-state index is 12.8. The zero-order valence-corrected chi connectivity index (χ0v) is 12.4. The molecule has 7 heteroatoms. The highest BCUT2D eigenvalue weighted by Crippen LogP contribution is 2.35. The van der Waals surface area contributed by atoms with Crippen LogP contribution in [0.4, 0.5) is 0 Å². The molecule has 2 aliphatic heterocycles. The molecule has 0 radical (unpaired) electrons. The van der Waals surface area contributed by atoms with Gasteiger partial charge in [0, 0.05) is 25.2 Å². The van der Waals surface area contributed by atoms with E-state index in [9.17, 15) is 13.2 Å². The van der Waals surface area contributed by atoms with Gasteiger partial charge in [-0.25, -0.2) is 8.42 Å². The number of hydrogen-bond donors (Lipinski definition) is 1. The van der Waals surface area contributed by atoms with Gasteiger partial charge in [-0.15, -0.1) is 0 Å². The van der Waals surface area contributed by atoms with Crippen LogP contribution in [0.2, 0.25) is 0 Å². The normalized spacial score (nSPS) is 26.9. The first kappa shape index (κ1) is 14.5. The highest BCUT2D eigenvalue weighted by atomic mass is 32.2. The Labute approximate surface area is 124 Å². The van der Waals surface area contributed by atoms with E-state index in [0.717, 1.165) is 12.8 Å². The summed E-state index contributed by atoms with van der Waals surface area (Å²) >= 11 is 0. The largest absolute Gasteiger partial charge is 0.480 e. The Kier molecular flexibility index (Phi) is 3.73. The Morgan fingerprint density at radius 3 is 2.24 bits per heavy atom. The third-order valence-corrected chi connectivity index (χ3v) is 6.19. The van der Waals surface area contributed by atoms with Gasteiger partial charge in [0.25, 0.3) is 0 Å². The first-order valence-corrected chi connectivity index (χ1v) is 8.45. The molecule has 1 N–H and O–H groups in total. The van der Waals surface area contributed by atoms with Crippen LogP contribution in [0.3, 0.4) is 0 Å². The average molecular weight is 310 g/mol. The van der Waals surface area contributed by atoms with Crippen molar-refractivity contribution in [3.8, 4) is 0 Å². The van der Waals surface area contributed by atoms with E-state index in [1.54, 1.807) is 34.6 Å². The highest BCUT2D eigenvalue weighted by molar-refractivity contribution is 7.89. The second-order valence-corrected chi connectivity index (χ2v) is 7.46. The number of rotatable bonds is 4. The molecule has 2 saturated heterocycles. The summed E-state index contributed by atoms with van der Waals surface area (Å²) in [6.07, 6.45) is 1.60. The number of carbonyl (C=O) groups is 1. The van der Waals surface area contributed by atoms with Crippen LogP contribution in [0.1, 0.15) is 12.8 Å². The summed E-state index contributed by atoms with van der Waals surface area (Å²) in [6.45, 7) is 0.968. The van der Waals surface area contributed by atoms with Gasteiger partial charge in [0.05, 0.1) is 11.4 Å². The third-order valence-electron chi connectivity index (χ3n) is 4.17. The molecule has 1 aromatic rings. The predicted octanol–water partition coefficient (Wildman–Crippen LogP) is 0.609. The Hall–Kier alpha value is -1.44. The number of fused-ring (bicyclic) bond motifs is 2. The summed E-state index contributed by atoms with van der Waals surface area (Å²) in [7, 11) is -3.49. The molecule has 2 fully saturated rings. The van der Waals surface area contributed by atoms with E-state index in [-0.39, 0.29) is 18.6 Å². The minimum Gasteiger partial charge on any atom is -0.480 e. The molecule has 2 aliphatic rings. The number of carboxylic acid groups (broad SMARTS) is 1. The van der Waals surface area contributed by atoms with Crippen molar-refractivity contribution >= 4 is 16.0 Å². The van der Waals surface area contributed by atoms with Gasteiger partial charge >= 0.3 is 5.97 Å². The quantitative estimate of drug-likeness (QED) is 0.881. The van der Waals surface area contributed by atoms with E-state index in [1.807, 2.05) is 4.90 Å². The van der Waals surface area contributed by atoms with E-state index in [1.165, 1.54) is 0 Å². The lowest BCUT2D eigenvalue weighted by Crippen LogP contribution is -2.56. The van der Waals surface area contributed by atoms with Crippen LogP contribution in [0.25, 0.3) is 0 Å². The van der Waals surface area contributed by atoms with Gasteiger partial charge in [-0.3, -0.25) is 9.69 Å². The zero-order chi connectivity index (χ0) is 15.0. The molecule has 0 saturated carbocycles. The average Bonchev–Trinajstić information content (AvgIpc) is 2.72. The molecular formula is C14H18N2O4S. The van der Waals surface area contributed by atoms with Crippen molar-refractivity contribution in [3.05, 3.63) is 30.3 Å². The van der Waals surface area contributed by atoms with Gasteiger partial charge in [0.15, 0.2) is 0 Å². The summed E-state index contributed by atoms with van der Waals surface area (Å²) in [6, 6.07) is 8.21. The highest BCUT2D eigenvalue weighted by Gasteiger charge is 2.46. The van der Waals surface area contributed by atoms with E-state index in [4.69, 9.17) is 5.11 Å². The van der Waals surface area contributed by atoms with Crippen LogP contribution in [0.15, 0.2) is 35.2 Å². The molecule has 2 atom stereocenters. The van der Waals surface area contributed by atoms with Crippen LogP contribution >= 0.6 is 0 Å². The van der Waals surface area contributed by atoms with Crippen molar-refractivity contribution in [2.24, 2.45) is 0 Å². The number of hydrogen-bond acceptors (Lipinski definition) is 4. The van der Waals surface area contributed by atoms with Crippen LogP contribution in [0.5, 0.6) is 0 Å². The number of likely N-dealkylation sites (tertiary alicyclic amines) is 1. The van der Waals surface area contributed by atoms with Crippen LogP contribution in [-0.4, -0.2) is 60.4 Å². The van der Waals surface area contributed by atoms with Crippen LogP contribution < -0.4 is 0 Å². The minimum atomic E-state index is -3.49. The molecule has 2 bridgehead atoms. The maximum absolute atomic E-state index is 12.8. The Balaban J connectivity index is 1.84. The van der Waals surface area contributed by atoms with E-state index in [2.05, 4.69) is 0 Å². The lowest BCUT2D eigenvalue weighted by atomic mass is 10.2. The van der Waals surface area contributed by atoms with Crippen molar-refractivity contribution in [3.63, 3.8) is 0 Å². The van der Waals surface area contributed by atoms with Gasteiger partial charge in [0.1, 0.15) is 0 Å². The second kappa shape index (κ2) is 5.40. The van der Waals surface area contributed by atoms with Gasteiger partial charge in [-0.1, -0.05) is 18.2 Å². The fraction of sp³-hybridized carbons (Fsp3) is 0.500. The number of benzene rings is 1. The molecule has 2 heterocycles. The molecule has 1 aromatic carbocycles. The fourth-order valence-electron chi connectivity index (χ4n) is 3.38. The molecule has 3 rings (SSSR count). The van der Waals surface area contributed by atoms with E-state index < -0.39 is 16.0 Å². The fourth-order valence-corrected chi connectivity index (χ4v) is 5.25. The number of sulfonamides is 1. The van der Waals surface area contributed by atoms with E-state index >= 15 is 0 Å². The number of aliphatic carboxylic acids is 1. The van der Waals surface area contributed by atoms with Crippen LogP contribution in [-0.2, 0) is 14.8 Å². The van der Waals surface area contributed by atoms with Crippen molar-refractivity contribution in [1.82, 2.24) is 9.21 Å². The smallest absolute Gasteiger partial charge is 0.317 e. The monoisotopic (exact) mass is 310 g/mol. The lowest BCUT2D eigenvalue weighted by molar-refractivity contribution is -0.138. The topological polar surface area (TPSA) is 77.9 Å². The molecule has 114 valence electrons. The Bertz CT molecular complexity index is 618. The van der Waals surface area contributed by atoms with Crippen LogP contribution in [0, 0.1) is 0 Å². The molecule has 6 nitrogen and oxygen atoms in total. The summed E-state index contributed by atoms with van der Waals surface area (Å²) < 4.78 is 27.1. The first-order valence-electron chi connectivity index (χ1n) is 7.01. The summed E-state index contributed by atoms with van der Waals surface area (Å²) in [5, 5.41) is 8.89. The molecule has 0 amide bonds. The SMILES string of the molecule is O=C(O)CN1CC2CCC(C1)N2S(=O)(=O)c1ccccc1. The standard InChI is InChI=1S/C14H18N2O4S/c17-14(18)10-15-8-11-6-7-12(9-15)16(11)21(19,20)13-4-2-1-3-5-13/h1-5,11-12H,6-10H2,(H,17,18). The first-order chi connectivity index (χ1) is 9.98. The number of nitrogens with zero attached hydrogens (tertiary/aromatic N) is 2. The van der Waals surface area contributed by atoms with Gasteiger partial charge < -0.3 is 5.11 Å². The van der Waals surface area contributed by atoms with Crippen molar-refractivity contribution in [2.45, 2.75) is 29.8 Å². The molecule has 2 unspecified atom stereocenters. The minimum absolute atomic E-state index is 0.0216. The lowest BCUT2D eigenvalue weighted by Gasteiger charge is -2.39. The van der Waals surface area contributed by atoms with Gasteiger partial charge in [-0.2, -0.15) is 4.31 Å². The third kappa shape index (κ3) is 2.68. The van der Waals surface area contributed by atoms with Gasteiger partial charge in [0.2, 0.25) is 10.0 Å². The maximum Gasteiger partial charge on any atom is 0.317 e. The summed E-state index contributed by atoms with van der Waals surface area (Å²) in [4.78, 5) is 13.0. The summed E-state index contributed by atoms with van der Waals surface area (Å²) in [5.41, 5.74) is 0. The van der Waals surface area contributed by atoms with Crippen molar-refractivity contribution in [1.29, 1.82) is 0 Å². The molecule has 0 aromatic heterocycles. The molecule has 0 aliphatic carbocycles.